The topological polar surface area (TPSA) is 63.2 Å². The van der Waals surface area contributed by atoms with Crippen LogP contribution in [0.15, 0.2) is 53.4 Å². The van der Waals surface area contributed by atoms with Crippen molar-refractivity contribution in [3.05, 3.63) is 64.7 Å². The molecule has 6 heteroatoms. The summed E-state index contributed by atoms with van der Waals surface area (Å²) >= 11 is 5.94. The Morgan fingerprint density at radius 1 is 1.14 bits per heavy atom. The third-order valence-electron chi connectivity index (χ3n) is 3.23. The molecule has 0 radical (unpaired) electrons. The Kier molecular flexibility index (Phi) is 4.88. The molecule has 2 aromatic rings. The van der Waals surface area contributed by atoms with Crippen molar-refractivity contribution in [1.29, 1.82) is 0 Å². The molecule has 116 valence electrons. The molecule has 0 spiro atoms. The molecule has 0 heterocycles. The highest BCUT2D eigenvalue weighted by Crippen LogP contribution is 2.20. The number of amides is 1. The normalized spacial score (nSPS) is 12.7. The molecule has 0 aliphatic heterocycles. The fraction of sp³-hybridized carbons (Fsp3) is 0.188. The molecule has 1 atom stereocenters. The van der Waals surface area contributed by atoms with E-state index in [4.69, 9.17) is 11.6 Å². The number of halogens is 1. The molecule has 0 saturated heterocycles. The zero-order valence-electron chi connectivity index (χ0n) is 12.2. The number of carbonyl (C=O) groups excluding carboxylic acids is 1. The second-order valence-electron chi connectivity index (χ2n) is 5.02. The monoisotopic (exact) mass is 337 g/mol. The molecular weight excluding hydrogens is 322 g/mol. The molecule has 0 aliphatic rings. The lowest BCUT2D eigenvalue weighted by Crippen LogP contribution is -2.28. The van der Waals surface area contributed by atoms with Gasteiger partial charge in [-0.05, 0) is 36.8 Å². The van der Waals surface area contributed by atoms with Crippen LogP contribution in [0.2, 0.25) is 5.02 Å². The molecule has 0 aromatic heterocycles. The van der Waals surface area contributed by atoms with Gasteiger partial charge in [0.15, 0.2) is 9.84 Å². The quantitative estimate of drug-likeness (QED) is 0.931. The maximum absolute atomic E-state index is 12.4. The first-order chi connectivity index (χ1) is 10.3. The van der Waals surface area contributed by atoms with Gasteiger partial charge in [0.2, 0.25) is 0 Å². The smallest absolute Gasteiger partial charge is 0.253 e. The first kappa shape index (κ1) is 16.5. The Morgan fingerprint density at radius 2 is 1.82 bits per heavy atom. The van der Waals surface area contributed by atoms with E-state index in [0.717, 1.165) is 11.8 Å². The standard InChI is InChI=1S/C16H16ClNO3S/c1-11(12-6-5-7-13(17)10-12)18-16(19)14-8-3-4-9-15(14)22(2,20)21/h3-11H,1-2H3,(H,18,19). The van der Waals surface area contributed by atoms with Gasteiger partial charge in [0.1, 0.15) is 0 Å². The molecule has 1 amide bonds. The van der Waals surface area contributed by atoms with Crippen LogP contribution in [0.3, 0.4) is 0 Å². The van der Waals surface area contributed by atoms with Crippen LogP contribution in [0.25, 0.3) is 0 Å². The second kappa shape index (κ2) is 6.50. The van der Waals surface area contributed by atoms with Crippen LogP contribution in [0, 0.1) is 0 Å². The zero-order chi connectivity index (χ0) is 16.3. The Hall–Kier alpha value is -1.85. The molecule has 2 rings (SSSR count). The van der Waals surface area contributed by atoms with Gasteiger partial charge in [-0.1, -0.05) is 35.9 Å². The van der Waals surface area contributed by atoms with Crippen molar-refractivity contribution >= 4 is 27.3 Å². The number of nitrogens with one attached hydrogen (secondary N) is 1. The van der Waals surface area contributed by atoms with Gasteiger partial charge < -0.3 is 5.32 Å². The molecule has 1 N–H and O–H groups in total. The van der Waals surface area contributed by atoms with Crippen LogP contribution in [0.5, 0.6) is 0 Å². The summed E-state index contributed by atoms with van der Waals surface area (Å²) in [6.07, 6.45) is 1.08. The third kappa shape index (κ3) is 3.87. The Morgan fingerprint density at radius 3 is 2.45 bits per heavy atom. The van der Waals surface area contributed by atoms with Crippen LogP contribution in [-0.4, -0.2) is 20.6 Å². The van der Waals surface area contributed by atoms with E-state index in [9.17, 15) is 13.2 Å². The van der Waals surface area contributed by atoms with E-state index >= 15 is 0 Å². The fourth-order valence-electron chi connectivity index (χ4n) is 2.11. The van der Waals surface area contributed by atoms with E-state index in [1.54, 1.807) is 30.3 Å². The van der Waals surface area contributed by atoms with Gasteiger partial charge in [-0.3, -0.25) is 4.79 Å². The van der Waals surface area contributed by atoms with Crippen molar-refractivity contribution in [1.82, 2.24) is 5.32 Å². The number of hydrogen-bond donors (Lipinski definition) is 1. The molecule has 0 bridgehead atoms. The number of rotatable bonds is 4. The number of benzene rings is 2. The van der Waals surface area contributed by atoms with Gasteiger partial charge >= 0.3 is 0 Å². The van der Waals surface area contributed by atoms with Crippen molar-refractivity contribution in [2.45, 2.75) is 17.9 Å². The van der Waals surface area contributed by atoms with E-state index < -0.39 is 15.7 Å². The third-order valence-corrected chi connectivity index (χ3v) is 4.62. The molecule has 0 saturated carbocycles. The zero-order valence-corrected chi connectivity index (χ0v) is 13.8. The summed E-state index contributed by atoms with van der Waals surface area (Å²) in [5.74, 6) is -0.437. The minimum atomic E-state index is -3.47. The highest BCUT2D eigenvalue weighted by molar-refractivity contribution is 7.90. The van der Waals surface area contributed by atoms with E-state index in [1.807, 2.05) is 13.0 Å². The van der Waals surface area contributed by atoms with Crippen molar-refractivity contribution in [2.24, 2.45) is 0 Å². The minimum Gasteiger partial charge on any atom is -0.345 e. The van der Waals surface area contributed by atoms with Gasteiger partial charge in [-0.2, -0.15) is 0 Å². The van der Waals surface area contributed by atoms with Gasteiger partial charge in [0.25, 0.3) is 5.91 Å². The van der Waals surface area contributed by atoms with Crippen molar-refractivity contribution in [3.63, 3.8) is 0 Å². The highest BCUT2D eigenvalue weighted by atomic mass is 35.5. The summed E-state index contributed by atoms with van der Waals surface area (Å²) in [5, 5.41) is 3.37. The first-order valence-electron chi connectivity index (χ1n) is 6.64. The lowest BCUT2D eigenvalue weighted by molar-refractivity contribution is 0.0936. The lowest BCUT2D eigenvalue weighted by atomic mass is 10.1. The van der Waals surface area contributed by atoms with E-state index in [0.29, 0.717) is 5.02 Å². The molecule has 1 unspecified atom stereocenters. The minimum absolute atomic E-state index is 0.0193. The van der Waals surface area contributed by atoms with Crippen molar-refractivity contribution < 1.29 is 13.2 Å². The van der Waals surface area contributed by atoms with Crippen LogP contribution in [0.4, 0.5) is 0 Å². The van der Waals surface area contributed by atoms with Crippen LogP contribution in [0.1, 0.15) is 28.9 Å². The average Bonchev–Trinajstić information content (AvgIpc) is 2.46. The molecule has 0 fully saturated rings. The van der Waals surface area contributed by atoms with Crippen molar-refractivity contribution in [2.75, 3.05) is 6.26 Å². The van der Waals surface area contributed by atoms with Gasteiger partial charge in [0, 0.05) is 11.3 Å². The lowest BCUT2D eigenvalue weighted by Gasteiger charge is -2.16. The predicted octanol–water partition coefficient (Wildman–Crippen LogP) is 3.23. The number of sulfone groups is 1. The van der Waals surface area contributed by atoms with E-state index in [2.05, 4.69) is 5.32 Å². The van der Waals surface area contributed by atoms with Gasteiger partial charge in [-0.25, -0.2) is 8.42 Å². The Bertz CT molecular complexity index is 803. The van der Waals surface area contributed by atoms with Crippen LogP contribution in [-0.2, 0) is 9.84 Å². The van der Waals surface area contributed by atoms with Crippen LogP contribution >= 0.6 is 11.6 Å². The predicted molar refractivity (Wildman–Crippen MR) is 86.9 cm³/mol. The summed E-state index contributed by atoms with van der Waals surface area (Å²) in [6.45, 7) is 1.81. The van der Waals surface area contributed by atoms with Crippen LogP contribution < -0.4 is 5.32 Å². The summed E-state index contributed by atoms with van der Waals surface area (Å²) in [5.41, 5.74) is 0.983. The number of carbonyl (C=O) groups is 1. The molecular formula is C16H16ClNO3S. The second-order valence-corrected chi connectivity index (χ2v) is 7.44. The van der Waals surface area contributed by atoms with E-state index in [-0.39, 0.29) is 16.5 Å². The summed E-state index contributed by atoms with van der Waals surface area (Å²) in [4.78, 5) is 12.4. The number of hydrogen-bond acceptors (Lipinski definition) is 3. The molecule has 4 nitrogen and oxygen atoms in total. The molecule has 2 aromatic carbocycles. The highest BCUT2D eigenvalue weighted by Gasteiger charge is 2.19. The van der Waals surface area contributed by atoms with Gasteiger partial charge in [-0.15, -0.1) is 0 Å². The largest absolute Gasteiger partial charge is 0.345 e. The summed E-state index contributed by atoms with van der Waals surface area (Å²) < 4.78 is 23.5. The SMILES string of the molecule is CC(NC(=O)c1ccccc1S(C)(=O)=O)c1cccc(Cl)c1. The molecule has 22 heavy (non-hydrogen) atoms. The average molecular weight is 338 g/mol. The van der Waals surface area contributed by atoms with Crippen molar-refractivity contribution in [3.8, 4) is 0 Å². The maximum Gasteiger partial charge on any atom is 0.253 e. The summed E-state index contributed by atoms with van der Waals surface area (Å²) in [7, 11) is -3.47. The first-order valence-corrected chi connectivity index (χ1v) is 8.91. The Labute approximate surface area is 135 Å². The van der Waals surface area contributed by atoms with E-state index in [1.165, 1.54) is 12.1 Å². The summed E-state index contributed by atoms with van der Waals surface area (Å²) in [6, 6.07) is 13.0. The fourth-order valence-corrected chi connectivity index (χ4v) is 3.20. The maximum atomic E-state index is 12.4. The van der Waals surface area contributed by atoms with Gasteiger partial charge in [0.05, 0.1) is 16.5 Å². The Balaban J connectivity index is 2.27. The molecule has 0 aliphatic carbocycles.